The molecule has 0 aliphatic carbocycles. The normalized spacial score (nSPS) is 11.2. The van der Waals surface area contributed by atoms with E-state index in [2.05, 4.69) is 15.0 Å². The minimum Gasteiger partial charge on any atom is -0.369 e. The van der Waals surface area contributed by atoms with Crippen molar-refractivity contribution >= 4 is 28.6 Å². The number of aromatic nitrogens is 4. The Morgan fingerprint density at radius 2 is 2.24 bits per heavy atom. The molecule has 0 atom stereocenters. The monoisotopic (exact) mass is 247 g/mol. The summed E-state index contributed by atoms with van der Waals surface area (Å²) in [7, 11) is 1.78. The van der Waals surface area contributed by atoms with Gasteiger partial charge < -0.3 is 15.3 Å². The Labute approximate surface area is 102 Å². The SMILES string of the molecule is Cn1c(N)nc(-c2ccc3nc[nH]c3c2)c1Cl. The topological polar surface area (TPSA) is 72.5 Å². The van der Waals surface area contributed by atoms with E-state index in [1.54, 1.807) is 17.9 Å². The lowest BCUT2D eigenvalue weighted by Crippen LogP contribution is -1.96. The Kier molecular flexibility index (Phi) is 2.09. The van der Waals surface area contributed by atoms with E-state index in [-0.39, 0.29) is 0 Å². The van der Waals surface area contributed by atoms with Gasteiger partial charge in [0.25, 0.3) is 0 Å². The number of H-pyrrole nitrogens is 1. The minimum atomic E-state index is 0.398. The summed E-state index contributed by atoms with van der Waals surface area (Å²) in [6, 6.07) is 5.80. The van der Waals surface area contributed by atoms with Crippen LogP contribution in [0.25, 0.3) is 22.3 Å². The minimum absolute atomic E-state index is 0.398. The van der Waals surface area contributed by atoms with Gasteiger partial charge in [-0.05, 0) is 12.1 Å². The van der Waals surface area contributed by atoms with E-state index in [1.807, 2.05) is 18.2 Å². The zero-order chi connectivity index (χ0) is 12.0. The molecule has 6 heteroatoms. The number of fused-ring (bicyclic) bond motifs is 1. The molecule has 2 heterocycles. The van der Waals surface area contributed by atoms with E-state index in [4.69, 9.17) is 17.3 Å². The van der Waals surface area contributed by atoms with Crippen molar-refractivity contribution in [3.63, 3.8) is 0 Å². The molecule has 0 aliphatic heterocycles. The van der Waals surface area contributed by atoms with Crippen LogP contribution in [-0.2, 0) is 7.05 Å². The average molecular weight is 248 g/mol. The van der Waals surface area contributed by atoms with Crippen LogP contribution in [-0.4, -0.2) is 19.5 Å². The van der Waals surface area contributed by atoms with Gasteiger partial charge in [-0.1, -0.05) is 17.7 Å². The van der Waals surface area contributed by atoms with Gasteiger partial charge in [0.1, 0.15) is 10.8 Å². The highest BCUT2D eigenvalue weighted by atomic mass is 35.5. The quantitative estimate of drug-likeness (QED) is 0.692. The molecule has 3 aromatic rings. The molecule has 1 aromatic carbocycles. The number of hydrogen-bond acceptors (Lipinski definition) is 3. The van der Waals surface area contributed by atoms with Gasteiger partial charge in [0, 0.05) is 12.6 Å². The van der Waals surface area contributed by atoms with E-state index in [0.29, 0.717) is 16.8 Å². The maximum absolute atomic E-state index is 6.17. The number of nitrogens with one attached hydrogen (secondary N) is 1. The number of halogens is 1. The first-order valence-electron chi connectivity index (χ1n) is 5.08. The van der Waals surface area contributed by atoms with Crippen LogP contribution in [0.4, 0.5) is 5.95 Å². The zero-order valence-corrected chi connectivity index (χ0v) is 9.86. The summed E-state index contributed by atoms with van der Waals surface area (Å²) in [6.45, 7) is 0. The second-order valence-electron chi connectivity index (χ2n) is 3.80. The second kappa shape index (κ2) is 3.49. The largest absolute Gasteiger partial charge is 0.369 e. The van der Waals surface area contributed by atoms with Gasteiger partial charge >= 0.3 is 0 Å². The average Bonchev–Trinajstić information content (AvgIpc) is 2.89. The molecule has 3 rings (SSSR count). The van der Waals surface area contributed by atoms with Crippen molar-refractivity contribution in [2.45, 2.75) is 0 Å². The Morgan fingerprint density at radius 1 is 1.41 bits per heavy atom. The van der Waals surface area contributed by atoms with Crippen LogP contribution in [0, 0.1) is 0 Å². The van der Waals surface area contributed by atoms with E-state index in [9.17, 15) is 0 Å². The van der Waals surface area contributed by atoms with Crippen molar-refractivity contribution in [1.29, 1.82) is 0 Å². The number of anilines is 1. The molecule has 0 spiro atoms. The Morgan fingerprint density at radius 3 is 2.94 bits per heavy atom. The van der Waals surface area contributed by atoms with Gasteiger partial charge in [0.15, 0.2) is 0 Å². The number of nitrogens with two attached hydrogens (primary N) is 1. The number of nitrogens with zero attached hydrogens (tertiary/aromatic N) is 3. The van der Waals surface area contributed by atoms with Crippen LogP contribution in [0.15, 0.2) is 24.5 Å². The Bertz CT molecular complexity index is 697. The maximum Gasteiger partial charge on any atom is 0.201 e. The summed E-state index contributed by atoms with van der Waals surface area (Å²) in [4.78, 5) is 11.5. The highest BCUT2D eigenvalue weighted by Crippen LogP contribution is 2.29. The van der Waals surface area contributed by atoms with Crippen LogP contribution in [0.5, 0.6) is 0 Å². The van der Waals surface area contributed by atoms with E-state index < -0.39 is 0 Å². The molecule has 86 valence electrons. The summed E-state index contributed by atoms with van der Waals surface area (Å²) in [5.41, 5.74) is 9.18. The first-order chi connectivity index (χ1) is 8.16. The van der Waals surface area contributed by atoms with Gasteiger partial charge in [-0.25, -0.2) is 9.97 Å². The highest BCUT2D eigenvalue weighted by molar-refractivity contribution is 6.32. The summed E-state index contributed by atoms with van der Waals surface area (Å²) in [6.07, 6.45) is 1.66. The third-order valence-electron chi connectivity index (χ3n) is 2.75. The second-order valence-corrected chi connectivity index (χ2v) is 4.16. The molecule has 0 bridgehead atoms. The molecular formula is C11H10ClN5. The lowest BCUT2D eigenvalue weighted by atomic mass is 10.1. The number of benzene rings is 1. The van der Waals surface area contributed by atoms with Gasteiger partial charge in [0.2, 0.25) is 5.95 Å². The fourth-order valence-corrected chi connectivity index (χ4v) is 2.00. The molecule has 0 unspecified atom stereocenters. The van der Waals surface area contributed by atoms with Crippen molar-refractivity contribution in [2.75, 3.05) is 5.73 Å². The molecule has 3 N–H and O–H groups in total. The molecule has 2 aromatic heterocycles. The number of aromatic amines is 1. The fraction of sp³-hybridized carbons (Fsp3) is 0.0909. The highest BCUT2D eigenvalue weighted by Gasteiger charge is 2.13. The van der Waals surface area contributed by atoms with Crippen LogP contribution < -0.4 is 5.73 Å². The lowest BCUT2D eigenvalue weighted by molar-refractivity contribution is 0.931. The lowest BCUT2D eigenvalue weighted by Gasteiger charge is -1.98. The standard InChI is InChI=1S/C11H10ClN5/c1-17-10(12)9(16-11(17)13)6-2-3-7-8(4-6)15-5-14-7/h2-5H,1H3,(H2,13,16)(H,14,15). The van der Waals surface area contributed by atoms with Gasteiger partial charge in [-0.2, -0.15) is 0 Å². The van der Waals surface area contributed by atoms with Crippen LogP contribution in [0.1, 0.15) is 0 Å². The van der Waals surface area contributed by atoms with Crippen molar-refractivity contribution in [3.05, 3.63) is 29.7 Å². The van der Waals surface area contributed by atoms with Crippen molar-refractivity contribution in [2.24, 2.45) is 7.05 Å². The summed E-state index contributed by atoms with van der Waals surface area (Å²) in [5.74, 6) is 0.398. The predicted molar refractivity (Wildman–Crippen MR) is 67.7 cm³/mol. The van der Waals surface area contributed by atoms with E-state index in [1.165, 1.54) is 0 Å². The van der Waals surface area contributed by atoms with Gasteiger partial charge in [-0.3, -0.25) is 0 Å². The molecule has 0 aliphatic rings. The van der Waals surface area contributed by atoms with Crippen LogP contribution in [0.2, 0.25) is 5.15 Å². The van der Waals surface area contributed by atoms with Gasteiger partial charge in [-0.15, -0.1) is 0 Å². The Hall–Kier alpha value is -2.01. The number of hydrogen-bond donors (Lipinski definition) is 2. The van der Waals surface area contributed by atoms with Crippen LogP contribution >= 0.6 is 11.6 Å². The van der Waals surface area contributed by atoms with Crippen molar-refractivity contribution in [3.8, 4) is 11.3 Å². The van der Waals surface area contributed by atoms with Crippen molar-refractivity contribution < 1.29 is 0 Å². The summed E-state index contributed by atoms with van der Waals surface area (Å²) >= 11 is 6.17. The summed E-state index contributed by atoms with van der Waals surface area (Å²) < 4.78 is 1.65. The first-order valence-corrected chi connectivity index (χ1v) is 5.46. The van der Waals surface area contributed by atoms with E-state index >= 15 is 0 Å². The van der Waals surface area contributed by atoms with Crippen molar-refractivity contribution in [1.82, 2.24) is 19.5 Å². The molecule has 0 fully saturated rings. The number of rotatable bonds is 1. The summed E-state index contributed by atoms with van der Waals surface area (Å²) in [5, 5.41) is 0.529. The van der Waals surface area contributed by atoms with Gasteiger partial charge in [0.05, 0.1) is 17.4 Å². The molecule has 17 heavy (non-hydrogen) atoms. The van der Waals surface area contributed by atoms with E-state index in [0.717, 1.165) is 16.6 Å². The van der Waals surface area contributed by atoms with Crippen LogP contribution in [0.3, 0.4) is 0 Å². The maximum atomic E-state index is 6.17. The number of nitrogen functional groups attached to an aromatic ring is 1. The third-order valence-corrected chi connectivity index (χ3v) is 3.19. The third kappa shape index (κ3) is 1.47. The zero-order valence-electron chi connectivity index (χ0n) is 9.11. The molecule has 0 amide bonds. The first kappa shape index (κ1) is 10.2. The molecular weight excluding hydrogens is 238 g/mol. The Balaban J connectivity index is 2.22. The smallest absolute Gasteiger partial charge is 0.201 e. The molecule has 0 saturated carbocycles. The number of imidazole rings is 2. The molecule has 5 nitrogen and oxygen atoms in total. The molecule has 0 saturated heterocycles. The predicted octanol–water partition coefficient (Wildman–Crippen LogP) is 2.20. The molecule has 0 radical (unpaired) electrons. The fourth-order valence-electron chi connectivity index (χ4n) is 1.76.